The monoisotopic (exact) mass is 703 g/mol. The number of anilines is 3. The van der Waals surface area contributed by atoms with Crippen molar-refractivity contribution in [1.82, 2.24) is 0 Å². The van der Waals surface area contributed by atoms with Gasteiger partial charge < -0.3 is 9.32 Å². The zero-order chi connectivity index (χ0) is 36.7. The van der Waals surface area contributed by atoms with Gasteiger partial charge in [0.25, 0.3) is 0 Å². The summed E-state index contributed by atoms with van der Waals surface area (Å²) in [5.41, 5.74) is 15.1. The molecular weight excluding hydrogens is 667 g/mol. The number of hydrogen-bond donors (Lipinski definition) is 0. The first-order chi connectivity index (χ1) is 27.1. The predicted octanol–water partition coefficient (Wildman–Crippen LogP) is 15.0. The summed E-state index contributed by atoms with van der Waals surface area (Å²) in [6, 6.07) is 68.4. The number of para-hydroxylation sites is 1. The Morgan fingerprint density at radius 3 is 1.87 bits per heavy atom. The largest absolute Gasteiger partial charge is 0.455 e. The summed E-state index contributed by atoms with van der Waals surface area (Å²) in [6.07, 6.45) is 0. The molecule has 1 heterocycles. The van der Waals surface area contributed by atoms with Crippen LogP contribution in [0, 0.1) is 0 Å². The van der Waals surface area contributed by atoms with Gasteiger partial charge in [0, 0.05) is 27.4 Å². The number of furan rings is 1. The predicted molar refractivity (Wildman–Crippen MR) is 232 cm³/mol. The highest BCUT2D eigenvalue weighted by molar-refractivity contribution is 6.20. The number of hydrogen-bond acceptors (Lipinski definition) is 2. The quantitative estimate of drug-likeness (QED) is 0.177. The highest BCUT2D eigenvalue weighted by Gasteiger charge is 2.37. The molecule has 0 saturated heterocycles. The van der Waals surface area contributed by atoms with Crippen molar-refractivity contribution in [2.45, 2.75) is 19.3 Å². The molecule has 9 aromatic carbocycles. The summed E-state index contributed by atoms with van der Waals surface area (Å²) in [7, 11) is 0. The van der Waals surface area contributed by atoms with Crippen LogP contribution < -0.4 is 4.90 Å². The first-order valence-corrected chi connectivity index (χ1v) is 19.1. The maximum absolute atomic E-state index is 6.76. The Bertz CT molecular complexity index is 3120. The van der Waals surface area contributed by atoms with Crippen LogP contribution >= 0.6 is 0 Å². The van der Waals surface area contributed by atoms with E-state index in [0.29, 0.717) is 0 Å². The lowest BCUT2D eigenvalue weighted by Gasteiger charge is -2.29. The van der Waals surface area contributed by atoms with Gasteiger partial charge in [0.15, 0.2) is 0 Å². The van der Waals surface area contributed by atoms with E-state index >= 15 is 0 Å². The van der Waals surface area contributed by atoms with Gasteiger partial charge in [-0.2, -0.15) is 0 Å². The van der Waals surface area contributed by atoms with Gasteiger partial charge in [0.2, 0.25) is 0 Å². The zero-order valence-electron chi connectivity index (χ0n) is 30.8. The van der Waals surface area contributed by atoms with Gasteiger partial charge in [-0.1, -0.05) is 166 Å². The molecule has 55 heavy (non-hydrogen) atoms. The minimum absolute atomic E-state index is 0.0991. The van der Waals surface area contributed by atoms with Crippen LogP contribution in [0.3, 0.4) is 0 Å². The maximum Gasteiger partial charge on any atom is 0.143 e. The summed E-state index contributed by atoms with van der Waals surface area (Å²) in [5.74, 6) is 0. The van der Waals surface area contributed by atoms with E-state index in [1.807, 2.05) is 0 Å². The molecule has 0 amide bonds. The van der Waals surface area contributed by atoms with Gasteiger partial charge in [0.05, 0.1) is 16.8 Å². The Morgan fingerprint density at radius 2 is 1.02 bits per heavy atom. The molecule has 0 bridgehead atoms. The topological polar surface area (TPSA) is 16.4 Å². The molecule has 0 saturated carbocycles. The highest BCUT2D eigenvalue weighted by Crippen LogP contribution is 2.54. The summed E-state index contributed by atoms with van der Waals surface area (Å²) in [5, 5.41) is 6.99. The molecule has 2 nitrogen and oxygen atoms in total. The third-order valence-corrected chi connectivity index (χ3v) is 11.9. The molecule has 0 unspecified atom stereocenters. The molecule has 1 aliphatic carbocycles. The molecule has 260 valence electrons. The molecule has 0 atom stereocenters. The minimum atomic E-state index is -0.0991. The van der Waals surface area contributed by atoms with Crippen LogP contribution in [0.15, 0.2) is 192 Å². The smallest absolute Gasteiger partial charge is 0.143 e. The van der Waals surface area contributed by atoms with Crippen LogP contribution in [0.5, 0.6) is 0 Å². The summed E-state index contributed by atoms with van der Waals surface area (Å²) >= 11 is 0. The standard InChI is InChI=1S/C53H37NO/c1-53(2)45-23-9-7-20-43(45)50-42(22-12-24-46(50)53)41-19-8-10-25-47(41)54(37-31-28-36(29-32-37)39-21-11-16-34-14-3-5-17-38(34)39)48-26-13-27-49-51(48)44-33-30-35-15-4-6-18-40(35)52(44)55-49/h3-33H,1-2H3. The lowest BCUT2D eigenvalue weighted by molar-refractivity contribution is 0.660. The Hall–Kier alpha value is -6.90. The van der Waals surface area contributed by atoms with E-state index in [9.17, 15) is 0 Å². The van der Waals surface area contributed by atoms with Gasteiger partial charge >= 0.3 is 0 Å². The Kier molecular flexibility index (Phi) is 6.93. The lowest BCUT2D eigenvalue weighted by Crippen LogP contribution is -2.15. The molecule has 2 heteroatoms. The van der Waals surface area contributed by atoms with E-state index < -0.39 is 0 Å². The van der Waals surface area contributed by atoms with E-state index in [0.717, 1.165) is 44.4 Å². The molecule has 1 aliphatic rings. The van der Waals surface area contributed by atoms with Crippen LogP contribution in [0.25, 0.3) is 76.9 Å². The third kappa shape index (κ3) is 4.74. The van der Waals surface area contributed by atoms with Crippen LogP contribution in [0.4, 0.5) is 17.1 Å². The van der Waals surface area contributed by atoms with Crippen molar-refractivity contribution < 1.29 is 4.42 Å². The Morgan fingerprint density at radius 1 is 0.418 bits per heavy atom. The molecular formula is C53H37NO. The van der Waals surface area contributed by atoms with Gasteiger partial charge in [-0.05, 0) is 91.5 Å². The van der Waals surface area contributed by atoms with E-state index in [2.05, 4.69) is 207 Å². The Balaban J connectivity index is 1.17. The van der Waals surface area contributed by atoms with Crippen LogP contribution in [0.1, 0.15) is 25.0 Å². The van der Waals surface area contributed by atoms with Gasteiger partial charge in [-0.25, -0.2) is 0 Å². The van der Waals surface area contributed by atoms with Crippen molar-refractivity contribution in [1.29, 1.82) is 0 Å². The van der Waals surface area contributed by atoms with Crippen molar-refractivity contribution >= 4 is 60.5 Å². The molecule has 0 aliphatic heterocycles. The maximum atomic E-state index is 6.76. The van der Waals surface area contributed by atoms with Crippen LogP contribution in [-0.2, 0) is 5.41 Å². The first-order valence-electron chi connectivity index (χ1n) is 19.1. The number of fused-ring (bicyclic) bond motifs is 9. The lowest BCUT2D eigenvalue weighted by atomic mass is 9.82. The van der Waals surface area contributed by atoms with Crippen LogP contribution in [0.2, 0.25) is 0 Å². The normalized spacial score (nSPS) is 13.1. The highest BCUT2D eigenvalue weighted by atomic mass is 16.3. The molecule has 1 aromatic heterocycles. The SMILES string of the molecule is CC1(C)c2ccccc2-c2c(-c3ccccc3N(c3ccc(-c4cccc5ccccc45)cc3)c3cccc4oc5c6ccccc6ccc5c34)cccc21. The average Bonchev–Trinajstić information content (AvgIpc) is 3.74. The second kappa shape index (κ2) is 12.1. The molecule has 0 radical (unpaired) electrons. The van der Waals surface area contributed by atoms with Gasteiger partial charge in [-0.3, -0.25) is 0 Å². The van der Waals surface area contributed by atoms with Crippen LogP contribution in [-0.4, -0.2) is 0 Å². The fourth-order valence-electron chi connectivity index (χ4n) is 9.27. The molecule has 0 N–H and O–H groups in total. The molecule has 11 rings (SSSR count). The fourth-order valence-corrected chi connectivity index (χ4v) is 9.27. The van der Waals surface area contributed by atoms with Gasteiger partial charge in [-0.15, -0.1) is 0 Å². The van der Waals surface area contributed by atoms with Crippen molar-refractivity contribution in [2.24, 2.45) is 0 Å². The Labute approximate surface area is 320 Å². The number of rotatable bonds is 5. The first kappa shape index (κ1) is 31.6. The second-order valence-corrected chi connectivity index (χ2v) is 15.2. The summed E-state index contributed by atoms with van der Waals surface area (Å²) in [4.78, 5) is 2.44. The second-order valence-electron chi connectivity index (χ2n) is 15.2. The van der Waals surface area contributed by atoms with Crippen molar-refractivity contribution in [3.8, 4) is 33.4 Å². The van der Waals surface area contributed by atoms with E-state index in [4.69, 9.17) is 4.42 Å². The third-order valence-electron chi connectivity index (χ3n) is 11.9. The number of nitrogens with zero attached hydrogens (tertiary/aromatic N) is 1. The van der Waals surface area contributed by atoms with Crippen molar-refractivity contribution in [3.05, 3.63) is 199 Å². The fraction of sp³-hybridized carbons (Fsp3) is 0.0566. The van der Waals surface area contributed by atoms with E-state index in [-0.39, 0.29) is 5.41 Å². The van der Waals surface area contributed by atoms with E-state index in [1.54, 1.807) is 0 Å². The molecule has 10 aromatic rings. The summed E-state index contributed by atoms with van der Waals surface area (Å²) < 4.78 is 6.76. The van der Waals surface area contributed by atoms with Crippen molar-refractivity contribution in [3.63, 3.8) is 0 Å². The molecule has 0 spiro atoms. The average molecular weight is 704 g/mol. The number of benzene rings is 9. The molecule has 0 fully saturated rings. The summed E-state index contributed by atoms with van der Waals surface area (Å²) in [6.45, 7) is 4.71. The van der Waals surface area contributed by atoms with Crippen molar-refractivity contribution in [2.75, 3.05) is 4.90 Å². The minimum Gasteiger partial charge on any atom is -0.455 e. The van der Waals surface area contributed by atoms with Gasteiger partial charge in [0.1, 0.15) is 11.2 Å². The zero-order valence-corrected chi connectivity index (χ0v) is 30.8. The van der Waals surface area contributed by atoms with E-state index in [1.165, 1.54) is 60.7 Å².